The number of nitrogen functional groups attached to an aromatic ring is 1. The standard InChI is InChI=1S/C18H14F2N4OS/c1-18(19,20)14-6-5-13(25-14)16-23-15(21)12-9-11(26-17(12)24-16)8-10-4-2-3-7-22-10/h2-7,9H,8H2,1H3,(H2,21,23,24). The monoisotopic (exact) mass is 372 g/mol. The molecule has 0 unspecified atom stereocenters. The van der Waals surface area contributed by atoms with Crippen LogP contribution >= 0.6 is 11.3 Å². The van der Waals surface area contributed by atoms with E-state index in [4.69, 9.17) is 10.2 Å². The number of hydrogen-bond donors (Lipinski definition) is 1. The molecule has 0 aliphatic heterocycles. The third kappa shape index (κ3) is 3.15. The average Bonchev–Trinajstić information content (AvgIpc) is 3.22. The maximum absolute atomic E-state index is 13.4. The van der Waals surface area contributed by atoms with Crippen LogP contribution in [0.15, 0.2) is 47.0 Å². The Morgan fingerprint density at radius 3 is 2.73 bits per heavy atom. The van der Waals surface area contributed by atoms with E-state index in [0.717, 1.165) is 22.9 Å². The molecule has 4 aromatic heterocycles. The largest absolute Gasteiger partial charge is 0.451 e. The van der Waals surface area contributed by atoms with E-state index < -0.39 is 11.7 Å². The number of thiophene rings is 1. The first kappa shape index (κ1) is 16.6. The van der Waals surface area contributed by atoms with E-state index in [2.05, 4.69) is 15.0 Å². The number of alkyl halides is 2. The Morgan fingerprint density at radius 1 is 1.19 bits per heavy atom. The highest BCUT2D eigenvalue weighted by Gasteiger charge is 2.29. The van der Waals surface area contributed by atoms with Gasteiger partial charge in [-0.25, -0.2) is 9.97 Å². The van der Waals surface area contributed by atoms with Gasteiger partial charge in [0.2, 0.25) is 0 Å². The van der Waals surface area contributed by atoms with Crippen molar-refractivity contribution in [1.29, 1.82) is 0 Å². The van der Waals surface area contributed by atoms with Gasteiger partial charge in [-0.3, -0.25) is 4.98 Å². The minimum atomic E-state index is -3.06. The fraction of sp³-hybridized carbons (Fsp3) is 0.167. The molecule has 4 aromatic rings. The van der Waals surface area contributed by atoms with Gasteiger partial charge in [-0.05, 0) is 30.3 Å². The molecule has 0 atom stereocenters. The van der Waals surface area contributed by atoms with Crippen molar-refractivity contribution in [2.24, 2.45) is 0 Å². The van der Waals surface area contributed by atoms with Gasteiger partial charge in [0, 0.05) is 30.1 Å². The molecule has 0 spiro atoms. The molecule has 0 aliphatic carbocycles. The predicted molar refractivity (Wildman–Crippen MR) is 96.1 cm³/mol. The summed E-state index contributed by atoms with van der Waals surface area (Å²) in [7, 11) is 0. The van der Waals surface area contributed by atoms with Crippen LogP contribution in [-0.2, 0) is 12.3 Å². The second-order valence-corrected chi connectivity index (χ2v) is 7.03. The van der Waals surface area contributed by atoms with Crippen LogP contribution in [0, 0.1) is 0 Å². The first-order chi connectivity index (χ1) is 12.4. The maximum atomic E-state index is 13.4. The number of anilines is 1. The maximum Gasteiger partial charge on any atom is 0.301 e. The molecule has 0 radical (unpaired) electrons. The van der Waals surface area contributed by atoms with Gasteiger partial charge < -0.3 is 10.2 Å². The Hall–Kier alpha value is -2.87. The number of furan rings is 1. The highest BCUT2D eigenvalue weighted by atomic mass is 32.1. The topological polar surface area (TPSA) is 77.8 Å². The third-order valence-corrected chi connectivity index (χ3v) is 4.84. The van der Waals surface area contributed by atoms with Crippen molar-refractivity contribution >= 4 is 27.4 Å². The summed E-state index contributed by atoms with van der Waals surface area (Å²) in [6.07, 6.45) is 2.40. The van der Waals surface area contributed by atoms with Gasteiger partial charge in [0.1, 0.15) is 10.6 Å². The van der Waals surface area contributed by atoms with Crippen LogP contribution in [0.1, 0.15) is 23.3 Å². The first-order valence-electron chi connectivity index (χ1n) is 7.84. The Morgan fingerprint density at radius 2 is 2.04 bits per heavy atom. The number of aromatic nitrogens is 3. The lowest BCUT2D eigenvalue weighted by molar-refractivity contribution is -0.00473. The van der Waals surface area contributed by atoms with Crippen LogP contribution in [0.5, 0.6) is 0 Å². The first-order valence-corrected chi connectivity index (χ1v) is 8.66. The molecule has 0 amide bonds. The summed E-state index contributed by atoms with van der Waals surface area (Å²) in [5, 5.41) is 0.734. The van der Waals surface area contributed by atoms with Gasteiger partial charge in [-0.15, -0.1) is 11.3 Å². The zero-order chi connectivity index (χ0) is 18.3. The fourth-order valence-corrected chi connectivity index (χ4v) is 3.62. The smallest absolute Gasteiger partial charge is 0.301 e. The molecule has 8 heteroatoms. The molecule has 0 saturated heterocycles. The van der Waals surface area contributed by atoms with Crippen molar-refractivity contribution < 1.29 is 13.2 Å². The molecule has 132 valence electrons. The van der Waals surface area contributed by atoms with Gasteiger partial charge in [-0.2, -0.15) is 8.78 Å². The fourth-order valence-electron chi connectivity index (χ4n) is 2.57. The number of rotatable bonds is 4. The van der Waals surface area contributed by atoms with Crippen LogP contribution in [0.2, 0.25) is 0 Å². The van der Waals surface area contributed by atoms with Crippen LogP contribution in [0.4, 0.5) is 14.6 Å². The molecular weight excluding hydrogens is 358 g/mol. The SMILES string of the molecule is CC(F)(F)c1ccc(-c2nc(N)c3cc(Cc4ccccn4)sc3n2)o1. The summed E-state index contributed by atoms with van der Waals surface area (Å²) in [4.78, 5) is 14.7. The van der Waals surface area contributed by atoms with Crippen molar-refractivity contribution in [2.75, 3.05) is 5.73 Å². The Balaban J connectivity index is 1.71. The third-order valence-electron chi connectivity index (χ3n) is 3.81. The quantitative estimate of drug-likeness (QED) is 0.565. The number of nitrogens with zero attached hydrogens (tertiary/aromatic N) is 3. The Labute approximate surface area is 151 Å². The average molecular weight is 372 g/mol. The van der Waals surface area contributed by atoms with E-state index in [1.54, 1.807) is 6.20 Å². The minimum absolute atomic E-state index is 0.162. The number of nitrogens with two attached hydrogens (primary N) is 1. The lowest BCUT2D eigenvalue weighted by Gasteiger charge is -2.05. The van der Waals surface area contributed by atoms with Crippen LogP contribution in [-0.4, -0.2) is 15.0 Å². The second kappa shape index (κ2) is 6.14. The van der Waals surface area contributed by atoms with Crippen molar-refractivity contribution in [3.63, 3.8) is 0 Å². The summed E-state index contributed by atoms with van der Waals surface area (Å²) in [6, 6.07) is 10.3. The Bertz CT molecular complexity index is 1070. The minimum Gasteiger partial charge on any atom is -0.451 e. The molecule has 4 rings (SSSR count). The molecule has 0 saturated carbocycles. The molecule has 0 fully saturated rings. The molecular formula is C18H14F2N4OS. The van der Waals surface area contributed by atoms with Gasteiger partial charge in [-0.1, -0.05) is 6.07 Å². The molecule has 0 aliphatic rings. The summed E-state index contributed by atoms with van der Waals surface area (Å²) >= 11 is 1.47. The van der Waals surface area contributed by atoms with Crippen LogP contribution in [0.25, 0.3) is 21.8 Å². The summed E-state index contributed by atoms with van der Waals surface area (Å²) in [5.74, 6) is -2.86. The van der Waals surface area contributed by atoms with E-state index >= 15 is 0 Å². The highest BCUT2D eigenvalue weighted by molar-refractivity contribution is 7.18. The Kier molecular flexibility index (Phi) is 3.91. The van der Waals surface area contributed by atoms with Gasteiger partial charge in [0.05, 0.1) is 5.39 Å². The van der Waals surface area contributed by atoms with E-state index in [9.17, 15) is 8.78 Å². The zero-order valence-corrected chi connectivity index (χ0v) is 14.6. The van der Waals surface area contributed by atoms with Gasteiger partial charge in [0.15, 0.2) is 17.3 Å². The van der Waals surface area contributed by atoms with Gasteiger partial charge in [0.25, 0.3) is 0 Å². The molecule has 26 heavy (non-hydrogen) atoms. The summed E-state index contributed by atoms with van der Waals surface area (Å²) in [5.41, 5.74) is 6.98. The molecule has 0 aromatic carbocycles. The van der Waals surface area contributed by atoms with E-state index in [1.807, 2.05) is 24.3 Å². The number of pyridine rings is 1. The van der Waals surface area contributed by atoms with Crippen molar-refractivity contribution in [3.05, 3.63) is 58.9 Å². The molecule has 2 N–H and O–H groups in total. The summed E-state index contributed by atoms with van der Waals surface area (Å²) < 4.78 is 31.9. The lowest BCUT2D eigenvalue weighted by Crippen LogP contribution is -2.04. The van der Waals surface area contributed by atoms with E-state index in [1.165, 1.54) is 23.5 Å². The lowest BCUT2D eigenvalue weighted by atomic mass is 10.2. The van der Waals surface area contributed by atoms with Gasteiger partial charge >= 0.3 is 5.92 Å². The normalized spacial score (nSPS) is 12.0. The highest BCUT2D eigenvalue weighted by Crippen LogP contribution is 2.34. The van der Waals surface area contributed by atoms with Crippen molar-refractivity contribution in [2.45, 2.75) is 19.3 Å². The van der Waals surface area contributed by atoms with Crippen LogP contribution < -0.4 is 5.73 Å². The van der Waals surface area contributed by atoms with E-state index in [0.29, 0.717) is 11.3 Å². The molecule has 5 nitrogen and oxygen atoms in total. The van der Waals surface area contributed by atoms with Crippen LogP contribution in [0.3, 0.4) is 0 Å². The molecule has 0 bridgehead atoms. The second-order valence-electron chi connectivity index (χ2n) is 5.91. The number of hydrogen-bond acceptors (Lipinski definition) is 6. The molecule has 4 heterocycles. The predicted octanol–water partition coefficient (Wildman–Crippen LogP) is 4.63. The zero-order valence-electron chi connectivity index (χ0n) is 13.7. The van der Waals surface area contributed by atoms with E-state index in [-0.39, 0.29) is 17.4 Å². The van der Waals surface area contributed by atoms with Crippen molar-refractivity contribution in [1.82, 2.24) is 15.0 Å². The number of fused-ring (bicyclic) bond motifs is 1. The van der Waals surface area contributed by atoms with Crippen molar-refractivity contribution in [3.8, 4) is 11.6 Å². The number of halogens is 2. The summed E-state index contributed by atoms with van der Waals surface area (Å²) in [6.45, 7) is 0.775.